The van der Waals surface area contributed by atoms with E-state index in [0.717, 1.165) is 32.5 Å². The van der Waals surface area contributed by atoms with Gasteiger partial charge in [-0.05, 0) is 88.3 Å². The van der Waals surface area contributed by atoms with Gasteiger partial charge in [0.25, 0.3) is 11.7 Å². The van der Waals surface area contributed by atoms with E-state index in [4.69, 9.17) is 14.2 Å². The molecule has 0 spiro atoms. The summed E-state index contributed by atoms with van der Waals surface area (Å²) in [5.74, 6) is 0.306. The third-order valence-electron chi connectivity index (χ3n) is 7.09. The van der Waals surface area contributed by atoms with Crippen molar-refractivity contribution in [1.82, 2.24) is 9.80 Å². The summed E-state index contributed by atoms with van der Waals surface area (Å²) in [7, 11) is 0. The molecule has 2 aromatic rings. The summed E-state index contributed by atoms with van der Waals surface area (Å²) in [5.41, 5.74) is 1.19. The maximum Gasteiger partial charge on any atom is 0.295 e. The third kappa shape index (κ3) is 7.36. The van der Waals surface area contributed by atoms with Crippen molar-refractivity contribution in [1.29, 1.82) is 0 Å². The van der Waals surface area contributed by atoms with Crippen molar-refractivity contribution < 1.29 is 28.9 Å². The van der Waals surface area contributed by atoms with Gasteiger partial charge in [-0.3, -0.25) is 9.59 Å². The van der Waals surface area contributed by atoms with E-state index in [0.29, 0.717) is 61.2 Å². The molecular weight excluding hydrogens is 508 g/mol. The highest BCUT2D eigenvalue weighted by Crippen LogP contribution is 2.42. The van der Waals surface area contributed by atoms with Crippen LogP contribution in [0.5, 0.6) is 17.2 Å². The Morgan fingerprint density at radius 3 is 2.20 bits per heavy atom. The number of likely N-dealkylation sites (tertiary alicyclic amines) is 1. The first-order chi connectivity index (χ1) is 19.4. The molecule has 1 heterocycles. The molecule has 0 aromatic heterocycles. The van der Waals surface area contributed by atoms with E-state index in [1.54, 1.807) is 29.2 Å². The number of aliphatic hydroxyl groups is 1. The minimum Gasteiger partial charge on any atom is -0.507 e. The van der Waals surface area contributed by atoms with E-state index in [9.17, 15) is 14.7 Å². The minimum absolute atomic E-state index is 0.0686. The minimum atomic E-state index is -0.757. The standard InChI is InChI=1S/C32H44N2O6/c1-6-11-21-40-26-18-15-24(22-27(26)39-10-5)29-28(30(35)23-13-16-25(17-14-23)38-9-4)31(36)32(37)34(29)20-12-19-33(7-2)8-3/h13-18,22,29,35H,6-12,19-21H2,1-5H3. The van der Waals surface area contributed by atoms with Crippen LogP contribution in [0.2, 0.25) is 0 Å². The largest absolute Gasteiger partial charge is 0.507 e. The second kappa shape index (κ2) is 15.3. The molecule has 1 atom stereocenters. The van der Waals surface area contributed by atoms with Gasteiger partial charge in [-0.25, -0.2) is 0 Å². The van der Waals surface area contributed by atoms with Crippen LogP contribution < -0.4 is 14.2 Å². The molecule has 1 N–H and O–H groups in total. The topological polar surface area (TPSA) is 88.5 Å². The number of ketones is 1. The number of ether oxygens (including phenoxy) is 3. The third-order valence-corrected chi connectivity index (χ3v) is 7.09. The number of hydrogen-bond acceptors (Lipinski definition) is 7. The van der Waals surface area contributed by atoms with Gasteiger partial charge in [0.05, 0.1) is 31.4 Å². The van der Waals surface area contributed by atoms with Crippen molar-refractivity contribution in [2.45, 2.75) is 59.9 Å². The van der Waals surface area contributed by atoms with Crippen LogP contribution in [0, 0.1) is 0 Å². The fourth-order valence-electron chi connectivity index (χ4n) is 4.90. The highest BCUT2D eigenvalue weighted by atomic mass is 16.5. The van der Waals surface area contributed by atoms with Gasteiger partial charge in [0.15, 0.2) is 11.5 Å². The predicted octanol–water partition coefficient (Wildman–Crippen LogP) is 5.82. The van der Waals surface area contributed by atoms with Crippen molar-refractivity contribution in [3.8, 4) is 17.2 Å². The Labute approximate surface area is 238 Å². The summed E-state index contributed by atoms with van der Waals surface area (Å²) in [6.45, 7) is 14.6. The van der Waals surface area contributed by atoms with Gasteiger partial charge in [0.1, 0.15) is 11.5 Å². The number of hydrogen-bond donors (Lipinski definition) is 1. The number of aliphatic hydroxyl groups excluding tert-OH is 1. The number of unbranched alkanes of at least 4 members (excludes halogenated alkanes) is 1. The molecule has 0 aliphatic carbocycles. The van der Waals surface area contributed by atoms with Crippen molar-refractivity contribution in [3.05, 3.63) is 59.2 Å². The number of benzene rings is 2. The highest BCUT2D eigenvalue weighted by Gasteiger charge is 2.46. The van der Waals surface area contributed by atoms with Crippen molar-refractivity contribution in [2.24, 2.45) is 0 Å². The van der Waals surface area contributed by atoms with Gasteiger partial charge in [0, 0.05) is 12.1 Å². The van der Waals surface area contributed by atoms with Crippen LogP contribution in [-0.2, 0) is 9.59 Å². The summed E-state index contributed by atoms with van der Waals surface area (Å²) in [5, 5.41) is 11.4. The molecule has 1 unspecified atom stereocenters. The lowest BCUT2D eigenvalue weighted by Gasteiger charge is -2.27. The van der Waals surface area contributed by atoms with Gasteiger partial charge < -0.3 is 29.1 Å². The number of carbonyl (C=O) groups is 2. The first-order valence-corrected chi connectivity index (χ1v) is 14.5. The van der Waals surface area contributed by atoms with Crippen LogP contribution in [0.15, 0.2) is 48.0 Å². The van der Waals surface area contributed by atoms with Crippen LogP contribution in [-0.4, -0.2) is 72.6 Å². The van der Waals surface area contributed by atoms with Crippen molar-refractivity contribution >= 4 is 17.4 Å². The Bertz CT molecular complexity index is 1160. The quantitative estimate of drug-likeness (QED) is 0.122. The molecule has 8 heteroatoms. The Balaban J connectivity index is 2.06. The fraction of sp³-hybridized carbons (Fsp3) is 0.500. The SMILES string of the molecule is CCCCOc1ccc(C2C(=C(O)c3ccc(OCC)cc3)C(=O)C(=O)N2CCCN(CC)CC)cc1OCC. The Hall–Kier alpha value is -3.52. The van der Waals surface area contributed by atoms with Crippen LogP contribution >= 0.6 is 0 Å². The molecule has 0 radical (unpaired) electrons. The van der Waals surface area contributed by atoms with E-state index in [-0.39, 0.29) is 11.3 Å². The number of Topliss-reactive ketones (excluding diaryl/α,β-unsaturated/α-hetero) is 1. The summed E-state index contributed by atoms with van der Waals surface area (Å²) in [6, 6.07) is 11.6. The van der Waals surface area contributed by atoms with Gasteiger partial charge in [0.2, 0.25) is 0 Å². The highest BCUT2D eigenvalue weighted by molar-refractivity contribution is 6.46. The molecule has 3 rings (SSSR count). The molecule has 8 nitrogen and oxygen atoms in total. The lowest BCUT2D eigenvalue weighted by molar-refractivity contribution is -0.140. The zero-order valence-corrected chi connectivity index (χ0v) is 24.6. The van der Waals surface area contributed by atoms with E-state index in [1.165, 1.54) is 0 Å². The average Bonchev–Trinajstić information content (AvgIpc) is 3.21. The van der Waals surface area contributed by atoms with E-state index < -0.39 is 17.7 Å². The van der Waals surface area contributed by atoms with Crippen LogP contribution in [0.1, 0.15) is 71.0 Å². The molecule has 40 heavy (non-hydrogen) atoms. The van der Waals surface area contributed by atoms with Crippen LogP contribution in [0.4, 0.5) is 0 Å². The number of amides is 1. The van der Waals surface area contributed by atoms with Gasteiger partial charge >= 0.3 is 0 Å². The lowest BCUT2D eigenvalue weighted by Crippen LogP contribution is -2.33. The summed E-state index contributed by atoms with van der Waals surface area (Å²) in [4.78, 5) is 30.7. The van der Waals surface area contributed by atoms with Gasteiger partial charge in [-0.1, -0.05) is 33.3 Å². The molecule has 218 valence electrons. The molecule has 2 aromatic carbocycles. The first-order valence-electron chi connectivity index (χ1n) is 14.5. The lowest BCUT2D eigenvalue weighted by atomic mass is 9.95. The fourth-order valence-corrected chi connectivity index (χ4v) is 4.90. The molecule has 1 saturated heterocycles. The molecule has 1 aliphatic rings. The summed E-state index contributed by atoms with van der Waals surface area (Å²) >= 11 is 0. The van der Waals surface area contributed by atoms with Crippen molar-refractivity contribution in [2.75, 3.05) is 46.0 Å². The second-order valence-electron chi connectivity index (χ2n) is 9.67. The molecule has 1 fully saturated rings. The summed E-state index contributed by atoms with van der Waals surface area (Å²) < 4.78 is 17.4. The van der Waals surface area contributed by atoms with Gasteiger partial charge in [-0.2, -0.15) is 0 Å². The zero-order valence-electron chi connectivity index (χ0n) is 24.6. The van der Waals surface area contributed by atoms with Crippen molar-refractivity contribution in [3.63, 3.8) is 0 Å². The second-order valence-corrected chi connectivity index (χ2v) is 9.67. The average molecular weight is 553 g/mol. The zero-order chi connectivity index (χ0) is 29.1. The molecule has 1 aliphatic heterocycles. The Kier molecular flexibility index (Phi) is 11.9. The number of nitrogens with zero attached hydrogens (tertiary/aromatic N) is 2. The predicted molar refractivity (Wildman–Crippen MR) is 157 cm³/mol. The molecule has 0 saturated carbocycles. The maximum atomic E-state index is 13.4. The molecule has 1 amide bonds. The smallest absolute Gasteiger partial charge is 0.295 e. The van der Waals surface area contributed by atoms with E-state index in [1.807, 2.05) is 32.0 Å². The Morgan fingerprint density at radius 1 is 0.875 bits per heavy atom. The summed E-state index contributed by atoms with van der Waals surface area (Å²) in [6.07, 6.45) is 2.63. The van der Waals surface area contributed by atoms with Crippen LogP contribution in [0.3, 0.4) is 0 Å². The number of carbonyl (C=O) groups excluding carboxylic acids is 2. The maximum absolute atomic E-state index is 13.4. The monoisotopic (exact) mass is 552 g/mol. The van der Waals surface area contributed by atoms with E-state index in [2.05, 4.69) is 25.7 Å². The Morgan fingerprint density at radius 2 is 1.57 bits per heavy atom. The van der Waals surface area contributed by atoms with Gasteiger partial charge in [-0.15, -0.1) is 0 Å². The van der Waals surface area contributed by atoms with E-state index >= 15 is 0 Å². The normalized spacial score (nSPS) is 16.6. The molecule has 0 bridgehead atoms. The molecular formula is C32H44N2O6. The number of rotatable bonds is 16. The van der Waals surface area contributed by atoms with Crippen LogP contribution in [0.25, 0.3) is 5.76 Å². The first kappa shape index (κ1) is 31.0.